The second-order valence-corrected chi connectivity index (χ2v) is 7.76. The Kier molecular flexibility index (Phi) is 5.90. The Labute approximate surface area is 182 Å². The fraction of sp³-hybridized carbons (Fsp3) is 0.0870. The highest BCUT2D eigenvalue weighted by Gasteiger charge is 2.24. The zero-order valence-electron chi connectivity index (χ0n) is 16.2. The zero-order chi connectivity index (χ0) is 21.8. The number of carbonyl (C=O) groups excluding carboxylic acids is 1. The molecule has 2 heterocycles. The van der Waals surface area contributed by atoms with E-state index < -0.39 is 5.97 Å². The Balaban J connectivity index is 1.44. The minimum Gasteiger partial charge on any atom is -0.507 e. The molecule has 4 rings (SSSR count). The summed E-state index contributed by atoms with van der Waals surface area (Å²) in [6.45, 7) is 0.570. The summed E-state index contributed by atoms with van der Waals surface area (Å²) in [6.07, 6.45) is 2.41. The number of amides is 1. The van der Waals surface area contributed by atoms with Gasteiger partial charge in [-0.05, 0) is 48.0 Å². The van der Waals surface area contributed by atoms with Crippen molar-refractivity contribution in [3.8, 4) is 17.1 Å². The molecule has 1 fully saturated rings. The van der Waals surface area contributed by atoms with Crippen LogP contribution in [-0.2, 0) is 11.2 Å². The average Bonchev–Trinajstić information content (AvgIpc) is 3.35. The molecule has 0 aliphatic carbocycles. The molecular formula is C23H18N2O5S. The molecule has 0 atom stereocenters. The first-order valence-corrected chi connectivity index (χ1v) is 10.3. The van der Waals surface area contributed by atoms with Crippen molar-refractivity contribution in [3.05, 3.63) is 82.5 Å². The second kappa shape index (κ2) is 8.93. The number of hydrogen-bond acceptors (Lipinski definition) is 6. The summed E-state index contributed by atoms with van der Waals surface area (Å²) in [5.74, 6) is -0.896. The number of carboxylic acids is 1. The Morgan fingerprint density at radius 3 is 2.68 bits per heavy atom. The normalized spacial score (nSPS) is 16.1. The SMILES string of the molecule is O=C1NC(=NCCc2ccccc2)S/C1=C\c1ccc(-c2ccc(C(=O)O)c(O)c2)o1. The molecule has 0 bridgehead atoms. The fourth-order valence-electron chi connectivity index (χ4n) is 3.01. The number of aromatic carboxylic acids is 1. The van der Waals surface area contributed by atoms with Gasteiger partial charge in [-0.1, -0.05) is 36.4 Å². The molecule has 0 radical (unpaired) electrons. The third kappa shape index (κ3) is 4.87. The van der Waals surface area contributed by atoms with Gasteiger partial charge in [0, 0.05) is 18.2 Å². The molecule has 7 nitrogen and oxygen atoms in total. The number of nitrogens with zero attached hydrogens (tertiary/aromatic N) is 1. The number of nitrogens with one attached hydrogen (secondary N) is 1. The van der Waals surface area contributed by atoms with Crippen LogP contribution in [0.15, 0.2) is 75.0 Å². The number of thioether (sulfide) groups is 1. The van der Waals surface area contributed by atoms with Crippen LogP contribution in [0.1, 0.15) is 21.7 Å². The fourth-order valence-corrected chi connectivity index (χ4v) is 3.84. The van der Waals surface area contributed by atoms with Crippen molar-refractivity contribution in [1.29, 1.82) is 0 Å². The van der Waals surface area contributed by atoms with Crippen LogP contribution in [0.5, 0.6) is 5.75 Å². The monoisotopic (exact) mass is 434 g/mol. The van der Waals surface area contributed by atoms with Gasteiger partial charge in [-0.15, -0.1) is 0 Å². The highest BCUT2D eigenvalue weighted by molar-refractivity contribution is 8.18. The van der Waals surface area contributed by atoms with Gasteiger partial charge in [0.05, 0.1) is 4.91 Å². The predicted octanol–water partition coefficient (Wildman–Crippen LogP) is 4.15. The Morgan fingerprint density at radius 2 is 1.94 bits per heavy atom. The third-order valence-electron chi connectivity index (χ3n) is 4.56. The van der Waals surface area contributed by atoms with Crippen molar-refractivity contribution in [1.82, 2.24) is 5.32 Å². The quantitative estimate of drug-likeness (QED) is 0.503. The topological polar surface area (TPSA) is 112 Å². The lowest BCUT2D eigenvalue weighted by Crippen LogP contribution is -2.20. The molecule has 8 heteroatoms. The summed E-state index contributed by atoms with van der Waals surface area (Å²) >= 11 is 1.25. The van der Waals surface area contributed by atoms with Gasteiger partial charge in [0.1, 0.15) is 22.8 Å². The first-order chi connectivity index (χ1) is 15.0. The maximum absolute atomic E-state index is 12.2. The van der Waals surface area contributed by atoms with E-state index in [1.165, 1.54) is 29.5 Å². The van der Waals surface area contributed by atoms with Crippen LogP contribution >= 0.6 is 11.8 Å². The standard InChI is InChI=1S/C23H18N2O5S/c26-18-12-15(6-8-17(18)22(28)29)19-9-7-16(30-19)13-20-21(27)25-23(31-20)24-11-10-14-4-2-1-3-5-14/h1-9,12-13,26H,10-11H2,(H,28,29)(H,24,25,27)/b20-13-. The summed E-state index contributed by atoms with van der Waals surface area (Å²) in [5, 5.41) is 22.2. The van der Waals surface area contributed by atoms with Crippen molar-refractivity contribution in [3.63, 3.8) is 0 Å². The number of aromatic hydroxyl groups is 1. The zero-order valence-corrected chi connectivity index (χ0v) is 17.1. The maximum atomic E-state index is 12.2. The number of carbonyl (C=O) groups is 2. The number of amidine groups is 1. The molecule has 2 aromatic carbocycles. The molecule has 31 heavy (non-hydrogen) atoms. The Hall–Kier alpha value is -3.78. The first-order valence-electron chi connectivity index (χ1n) is 9.45. The lowest BCUT2D eigenvalue weighted by Gasteiger charge is -2.02. The largest absolute Gasteiger partial charge is 0.507 e. The number of benzene rings is 2. The van der Waals surface area contributed by atoms with Gasteiger partial charge in [-0.25, -0.2) is 4.79 Å². The minimum atomic E-state index is -1.21. The molecule has 3 aromatic rings. The van der Waals surface area contributed by atoms with Gasteiger partial charge >= 0.3 is 5.97 Å². The number of aliphatic imine (C=N–C) groups is 1. The van der Waals surface area contributed by atoms with E-state index in [-0.39, 0.29) is 17.2 Å². The first kappa shape index (κ1) is 20.5. The van der Waals surface area contributed by atoms with Gasteiger partial charge in [0.25, 0.3) is 5.91 Å². The van der Waals surface area contributed by atoms with E-state index in [0.29, 0.717) is 33.7 Å². The van der Waals surface area contributed by atoms with Crippen LogP contribution in [-0.4, -0.2) is 33.8 Å². The summed E-state index contributed by atoms with van der Waals surface area (Å²) < 4.78 is 5.74. The molecule has 3 N–H and O–H groups in total. The molecule has 1 aliphatic rings. The number of phenols is 1. The molecular weight excluding hydrogens is 416 g/mol. The van der Waals surface area contributed by atoms with Gasteiger partial charge in [-0.3, -0.25) is 9.79 Å². The van der Waals surface area contributed by atoms with E-state index in [0.717, 1.165) is 6.42 Å². The highest BCUT2D eigenvalue weighted by Crippen LogP contribution is 2.31. The van der Waals surface area contributed by atoms with E-state index in [1.807, 2.05) is 30.3 Å². The molecule has 1 aromatic heterocycles. The molecule has 156 valence electrons. The summed E-state index contributed by atoms with van der Waals surface area (Å²) in [7, 11) is 0. The van der Waals surface area contributed by atoms with E-state index in [1.54, 1.807) is 24.3 Å². The smallest absolute Gasteiger partial charge is 0.339 e. The Morgan fingerprint density at radius 1 is 1.13 bits per heavy atom. The summed E-state index contributed by atoms with van der Waals surface area (Å²) in [6, 6.07) is 17.6. The number of hydrogen-bond donors (Lipinski definition) is 3. The van der Waals surface area contributed by atoms with Crippen LogP contribution in [0, 0.1) is 0 Å². The summed E-state index contributed by atoms with van der Waals surface area (Å²) in [5.41, 5.74) is 1.53. The maximum Gasteiger partial charge on any atom is 0.339 e. The van der Waals surface area contributed by atoms with Crippen LogP contribution in [0.25, 0.3) is 17.4 Å². The van der Waals surface area contributed by atoms with Crippen molar-refractivity contribution in [2.75, 3.05) is 6.54 Å². The van der Waals surface area contributed by atoms with E-state index >= 15 is 0 Å². The van der Waals surface area contributed by atoms with Gasteiger partial charge in [-0.2, -0.15) is 0 Å². The molecule has 0 spiro atoms. The van der Waals surface area contributed by atoms with Gasteiger partial charge in [0.15, 0.2) is 5.17 Å². The highest BCUT2D eigenvalue weighted by atomic mass is 32.2. The number of carboxylic acid groups (broad SMARTS) is 1. The third-order valence-corrected chi connectivity index (χ3v) is 5.51. The Bertz CT molecular complexity index is 1200. The van der Waals surface area contributed by atoms with Gasteiger partial charge in [0.2, 0.25) is 0 Å². The molecule has 0 saturated carbocycles. The molecule has 1 aliphatic heterocycles. The average molecular weight is 434 g/mol. The van der Waals surface area contributed by atoms with Crippen molar-refractivity contribution in [2.24, 2.45) is 4.99 Å². The van der Waals surface area contributed by atoms with Crippen molar-refractivity contribution >= 4 is 34.9 Å². The van der Waals surface area contributed by atoms with Crippen molar-refractivity contribution in [2.45, 2.75) is 6.42 Å². The number of furan rings is 1. The van der Waals surface area contributed by atoms with E-state index in [9.17, 15) is 14.7 Å². The molecule has 1 amide bonds. The predicted molar refractivity (Wildman–Crippen MR) is 119 cm³/mol. The van der Waals surface area contributed by atoms with E-state index in [2.05, 4.69) is 10.3 Å². The van der Waals surface area contributed by atoms with Crippen molar-refractivity contribution < 1.29 is 24.2 Å². The second-order valence-electron chi connectivity index (χ2n) is 6.73. The van der Waals surface area contributed by atoms with Crippen LogP contribution < -0.4 is 5.32 Å². The van der Waals surface area contributed by atoms with Crippen LogP contribution in [0.3, 0.4) is 0 Å². The summed E-state index contributed by atoms with van der Waals surface area (Å²) in [4.78, 5) is 28.2. The molecule has 0 unspecified atom stereocenters. The minimum absolute atomic E-state index is 0.184. The van der Waals surface area contributed by atoms with Crippen LogP contribution in [0.4, 0.5) is 0 Å². The van der Waals surface area contributed by atoms with Gasteiger partial charge < -0.3 is 19.9 Å². The van der Waals surface area contributed by atoms with E-state index in [4.69, 9.17) is 9.52 Å². The van der Waals surface area contributed by atoms with Crippen LogP contribution in [0.2, 0.25) is 0 Å². The lowest BCUT2D eigenvalue weighted by molar-refractivity contribution is -0.115. The lowest BCUT2D eigenvalue weighted by atomic mass is 10.1. The number of rotatable bonds is 6. The molecule has 1 saturated heterocycles.